The highest BCUT2D eigenvalue weighted by Crippen LogP contribution is 2.23. The fraction of sp³-hybridized carbons (Fsp3) is 0.174. The predicted octanol–water partition coefficient (Wildman–Crippen LogP) is 5.63. The maximum Gasteiger partial charge on any atom is 0.308 e. The summed E-state index contributed by atoms with van der Waals surface area (Å²) in [6.07, 6.45) is 0. The lowest BCUT2D eigenvalue weighted by Crippen LogP contribution is -2.26. The third kappa shape index (κ3) is 6.20. The smallest absolute Gasteiger partial charge is 0.294 e. The summed E-state index contributed by atoms with van der Waals surface area (Å²) in [6, 6.07) is 19.7. The summed E-state index contributed by atoms with van der Waals surface area (Å²) in [5.41, 5.74) is 2.78. The molecular weight excluding hydrogens is 519 g/mol. The van der Waals surface area contributed by atoms with Gasteiger partial charge in [-0.15, -0.1) is 0 Å². The Morgan fingerprint density at radius 2 is 1.55 bits per heavy atom. The zero-order valence-electron chi connectivity index (χ0n) is 17.3. The zero-order chi connectivity index (χ0) is 23.4. The quantitative estimate of drug-likeness (QED) is 0.280. The first kappa shape index (κ1) is 24.3. The Bertz CT molecular complexity index is 1410. The SMILES string of the molecule is O=c1sc2cc(S(=O)(=O)NCCSCc3ccc(Cl)cc3)ccc2n1Cc1ccc(Cl)cc1. The average molecular weight is 540 g/mol. The van der Waals surface area contributed by atoms with Crippen LogP contribution in [0.5, 0.6) is 0 Å². The molecule has 5 nitrogen and oxygen atoms in total. The van der Waals surface area contributed by atoms with Gasteiger partial charge in [0.15, 0.2) is 0 Å². The summed E-state index contributed by atoms with van der Waals surface area (Å²) < 4.78 is 30.4. The number of hydrogen-bond donors (Lipinski definition) is 1. The molecule has 0 aliphatic heterocycles. The third-order valence-electron chi connectivity index (χ3n) is 4.92. The van der Waals surface area contributed by atoms with Gasteiger partial charge < -0.3 is 0 Å². The van der Waals surface area contributed by atoms with E-state index in [0.717, 1.165) is 28.2 Å². The molecule has 10 heteroatoms. The average Bonchev–Trinajstić information content (AvgIpc) is 3.10. The van der Waals surface area contributed by atoms with Crippen LogP contribution in [0.25, 0.3) is 10.2 Å². The van der Waals surface area contributed by atoms with E-state index < -0.39 is 10.0 Å². The van der Waals surface area contributed by atoms with Crippen LogP contribution in [0.15, 0.2) is 76.4 Å². The Morgan fingerprint density at radius 1 is 0.909 bits per heavy atom. The first-order chi connectivity index (χ1) is 15.8. The van der Waals surface area contributed by atoms with E-state index in [1.807, 2.05) is 36.4 Å². The lowest BCUT2D eigenvalue weighted by Gasteiger charge is -2.08. The van der Waals surface area contributed by atoms with Crippen LogP contribution in [-0.2, 0) is 22.3 Å². The van der Waals surface area contributed by atoms with Crippen molar-refractivity contribution in [3.05, 3.63) is 97.6 Å². The second-order valence-corrected chi connectivity index (χ2v) is 12.0. The molecule has 0 aliphatic rings. The number of benzene rings is 3. The van der Waals surface area contributed by atoms with Crippen LogP contribution >= 0.6 is 46.3 Å². The van der Waals surface area contributed by atoms with E-state index in [-0.39, 0.29) is 9.77 Å². The molecule has 0 bridgehead atoms. The maximum absolute atomic E-state index is 12.7. The van der Waals surface area contributed by atoms with Gasteiger partial charge in [-0.3, -0.25) is 9.36 Å². The van der Waals surface area contributed by atoms with Gasteiger partial charge >= 0.3 is 4.87 Å². The van der Waals surface area contributed by atoms with Gasteiger partial charge in [-0.25, -0.2) is 13.1 Å². The number of nitrogens with one attached hydrogen (secondary N) is 1. The van der Waals surface area contributed by atoms with Crippen molar-refractivity contribution < 1.29 is 8.42 Å². The first-order valence-electron chi connectivity index (χ1n) is 10.0. The highest BCUT2D eigenvalue weighted by Gasteiger charge is 2.16. The summed E-state index contributed by atoms with van der Waals surface area (Å²) in [5.74, 6) is 1.41. The Balaban J connectivity index is 1.40. The molecule has 4 aromatic rings. The van der Waals surface area contributed by atoms with Crippen molar-refractivity contribution in [3.8, 4) is 0 Å². The predicted molar refractivity (Wildman–Crippen MR) is 139 cm³/mol. The van der Waals surface area contributed by atoms with Crippen LogP contribution in [0.3, 0.4) is 0 Å². The minimum Gasteiger partial charge on any atom is -0.294 e. The lowest BCUT2D eigenvalue weighted by atomic mass is 10.2. The normalized spacial score (nSPS) is 11.8. The molecule has 0 unspecified atom stereocenters. The number of thiazole rings is 1. The third-order valence-corrected chi connectivity index (χ3v) is 8.86. The summed E-state index contributed by atoms with van der Waals surface area (Å²) in [4.78, 5) is 12.5. The van der Waals surface area contributed by atoms with Crippen molar-refractivity contribution in [2.24, 2.45) is 0 Å². The van der Waals surface area contributed by atoms with E-state index in [1.54, 1.807) is 40.6 Å². The van der Waals surface area contributed by atoms with Crippen LogP contribution < -0.4 is 9.60 Å². The fourth-order valence-electron chi connectivity index (χ4n) is 3.24. The van der Waals surface area contributed by atoms with E-state index >= 15 is 0 Å². The number of rotatable bonds is 9. The Kier molecular flexibility index (Phi) is 7.83. The largest absolute Gasteiger partial charge is 0.308 e. The molecule has 0 atom stereocenters. The number of halogens is 2. The number of aromatic nitrogens is 1. The fourth-order valence-corrected chi connectivity index (χ4v) is 6.50. The van der Waals surface area contributed by atoms with Crippen molar-refractivity contribution >= 4 is 66.5 Å². The van der Waals surface area contributed by atoms with Gasteiger partial charge in [0.25, 0.3) is 0 Å². The van der Waals surface area contributed by atoms with Crippen LogP contribution in [0.2, 0.25) is 10.0 Å². The van der Waals surface area contributed by atoms with Gasteiger partial charge in [0.05, 0.1) is 21.7 Å². The molecule has 0 fully saturated rings. The molecule has 0 aliphatic carbocycles. The molecule has 0 spiro atoms. The molecule has 0 radical (unpaired) electrons. The Morgan fingerprint density at radius 3 is 2.21 bits per heavy atom. The lowest BCUT2D eigenvalue weighted by molar-refractivity contribution is 0.584. The second-order valence-electron chi connectivity index (χ2n) is 7.29. The van der Waals surface area contributed by atoms with Crippen molar-refractivity contribution in [1.29, 1.82) is 0 Å². The maximum atomic E-state index is 12.7. The number of fused-ring (bicyclic) bond motifs is 1. The summed E-state index contributed by atoms with van der Waals surface area (Å²) in [7, 11) is -3.67. The molecule has 3 aromatic carbocycles. The molecule has 0 amide bonds. The van der Waals surface area contributed by atoms with E-state index in [4.69, 9.17) is 23.2 Å². The molecular formula is C23H20Cl2N2O3S3. The molecule has 4 rings (SSSR count). The van der Waals surface area contributed by atoms with E-state index in [9.17, 15) is 13.2 Å². The van der Waals surface area contributed by atoms with Crippen molar-refractivity contribution in [1.82, 2.24) is 9.29 Å². The van der Waals surface area contributed by atoms with Gasteiger partial charge in [-0.2, -0.15) is 11.8 Å². The highest BCUT2D eigenvalue weighted by atomic mass is 35.5. The number of sulfonamides is 1. The molecule has 0 saturated carbocycles. The number of hydrogen-bond acceptors (Lipinski definition) is 5. The Labute approximate surface area is 210 Å². The molecule has 33 heavy (non-hydrogen) atoms. The van der Waals surface area contributed by atoms with Gasteiger partial charge in [-0.1, -0.05) is 58.8 Å². The molecule has 1 N–H and O–H groups in total. The van der Waals surface area contributed by atoms with E-state index in [1.165, 1.54) is 6.07 Å². The molecule has 1 aromatic heterocycles. The van der Waals surface area contributed by atoms with Crippen molar-refractivity contribution in [2.75, 3.05) is 12.3 Å². The summed E-state index contributed by atoms with van der Waals surface area (Å²) >= 11 is 14.5. The highest BCUT2D eigenvalue weighted by molar-refractivity contribution is 7.98. The van der Waals surface area contributed by atoms with Crippen LogP contribution in [0, 0.1) is 0 Å². The van der Waals surface area contributed by atoms with Gasteiger partial charge in [0.1, 0.15) is 0 Å². The minimum absolute atomic E-state index is 0.138. The topological polar surface area (TPSA) is 68.2 Å². The van der Waals surface area contributed by atoms with Crippen LogP contribution in [0.4, 0.5) is 0 Å². The Hall–Kier alpha value is -1.81. The van der Waals surface area contributed by atoms with Crippen molar-refractivity contribution in [3.63, 3.8) is 0 Å². The standard InChI is InChI=1S/C23H20Cl2N2O3S3/c24-18-5-1-16(2-6-18)14-27-21-10-9-20(13-22(21)32-23(27)28)33(29,30)26-11-12-31-15-17-3-7-19(25)8-4-17/h1-10,13,26H,11-12,14-15H2. The van der Waals surface area contributed by atoms with Crippen molar-refractivity contribution in [2.45, 2.75) is 17.2 Å². The monoisotopic (exact) mass is 538 g/mol. The minimum atomic E-state index is -3.67. The molecule has 172 valence electrons. The van der Waals surface area contributed by atoms with Gasteiger partial charge in [0, 0.05) is 28.1 Å². The second kappa shape index (κ2) is 10.6. The van der Waals surface area contributed by atoms with E-state index in [0.29, 0.717) is 39.1 Å². The first-order valence-corrected chi connectivity index (χ1v) is 14.2. The van der Waals surface area contributed by atoms with Crippen LogP contribution in [0.1, 0.15) is 11.1 Å². The molecule has 1 heterocycles. The number of thioether (sulfide) groups is 1. The van der Waals surface area contributed by atoms with Gasteiger partial charge in [-0.05, 0) is 53.6 Å². The van der Waals surface area contributed by atoms with E-state index in [2.05, 4.69) is 4.72 Å². The zero-order valence-corrected chi connectivity index (χ0v) is 21.3. The molecule has 0 saturated heterocycles. The van der Waals surface area contributed by atoms with Crippen LogP contribution in [-0.4, -0.2) is 25.3 Å². The summed E-state index contributed by atoms with van der Waals surface area (Å²) in [6.45, 7) is 0.706. The number of nitrogens with zero attached hydrogens (tertiary/aromatic N) is 1. The van der Waals surface area contributed by atoms with Gasteiger partial charge in [0.2, 0.25) is 10.0 Å². The summed E-state index contributed by atoms with van der Waals surface area (Å²) in [5, 5.41) is 1.32.